The SMILES string of the molecule is COCCN(CC(=O)O)C(=O)Nc1ccc(Cl)c(Br)c1. The summed E-state index contributed by atoms with van der Waals surface area (Å²) in [7, 11) is 1.48. The van der Waals surface area contributed by atoms with Crippen LogP contribution in [0.15, 0.2) is 22.7 Å². The fourth-order valence-corrected chi connectivity index (χ4v) is 1.89. The van der Waals surface area contributed by atoms with Gasteiger partial charge in [-0.15, -0.1) is 0 Å². The number of halogens is 2. The number of anilines is 1. The summed E-state index contributed by atoms with van der Waals surface area (Å²) in [6.45, 7) is 0.0400. The molecule has 2 N–H and O–H groups in total. The molecule has 1 aromatic rings. The van der Waals surface area contributed by atoms with E-state index in [0.717, 1.165) is 4.90 Å². The topological polar surface area (TPSA) is 78.9 Å². The fraction of sp³-hybridized carbons (Fsp3) is 0.333. The van der Waals surface area contributed by atoms with E-state index in [2.05, 4.69) is 21.2 Å². The van der Waals surface area contributed by atoms with Gasteiger partial charge in [-0.25, -0.2) is 4.79 Å². The molecule has 0 unspecified atom stereocenters. The Hall–Kier alpha value is -1.31. The van der Waals surface area contributed by atoms with Crippen LogP contribution in [0.3, 0.4) is 0 Å². The van der Waals surface area contributed by atoms with Gasteiger partial charge in [0.1, 0.15) is 6.54 Å². The van der Waals surface area contributed by atoms with Crippen molar-refractivity contribution in [2.45, 2.75) is 0 Å². The lowest BCUT2D eigenvalue weighted by Gasteiger charge is -2.20. The van der Waals surface area contributed by atoms with Gasteiger partial charge in [0, 0.05) is 23.8 Å². The number of urea groups is 1. The van der Waals surface area contributed by atoms with Crippen molar-refractivity contribution in [1.29, 1.82) is 0 Å². The number of carbonyl (C=O) groups excluding carboxylic acids is 1. The minimum absolute atomic E-state index is 0.184. The van der Waals surface area contributed by atoms with E-state index in [9.17, 15) is 9.59 Å². The minimum atomic E-state index is -1.09. The fourth-order valence-electron chi connectivity index (χ4n) is 1.39. The third-order valence-corrected chi connectivity index (χ3v) is 3.56. The van der Waals surface area contributed by atoms with Gasteiger partial charge in [0.15, 0.2) is 0 Å². The van der Waals surface area contributed by atoms with Crippen molar-refractivity contribution in [2.75, 3.05) is 32.1 Å². The van der Waals surface area contributed by atoms with Crippen molar-refractivity contribution in [3.8, 4) is 0 Å². The molecular formula is C12H14BrClN2O4. The zero-order valence-electron chi connectivity index (χ0n) is 10.7. The molecule has 0 bridgehead atoms. The van der Waals surface area contributed by atoms with E-state index >= 15 is 0 Å². The molecule has 0 aromatic heterocycles. The zero-order valence-corrected chi connectivity index (χ0v) is 13.1. The van der Waals surface area contributed by atoms with Crippen molar-refractivity contribution >= 4 is 45.2 Å². The Kier molecular flexibility index (Phi) is 6.77. The Morgan fingerprint density at radius 2 is 2.20 bits per heavy atom. The van der Waals surface area contributed by atoms with Crippen LogP contribution in [-0.2, 0) is 9.53 Å². The lowest BCUT2D eigenvalue weighted by molar-refractivity contribution is -0.137. The Bertz CT molecular complexity index is 498. The number of amides is 2. The van der Waals surface area contributed by atoms with Gasteiger partial charge in [-0.2, -0.15) is 0 Å². The Morgan fingerprint density at radius 1 is 1.50 bits per heavy atom. The first kappa shape index (κ1) is 16.7. The average Bonchev–Trinajstić information content (AvgIpc) is 2.38. The standard InChI is InChI=1S/C12H14BrClN2O4/c1-20-5-4-16(7-11(17)18)12(19)15-8-2-3-10(14)9(13)6-8/h2-3,6H,4-5,7H2,1H3,(H,15,19)(H,17,18). The van der Waals surface area contributed by atoms with E-state index in [4.69, 9.17) is 21.4 Å². The third-order valence-electron chi connectivity index (χ3n) is 2.35. The van der Waals surface area contributed by atoms with Crippen molar-refractivity contribution in [1.82, 2.24) is 4.90 Å². The molecule has 0 spiro atoms. The van der Waals surface area contributed by atoms with E-state index in [1.807, 2.05) is 0 Å². The molecule has 0 atom stereocenters. The molecule has 0 radical (unpaired) electrons. The maximum Gasteiger partial charge on any atom is 0.323 e. The molecule has 20 heavy (non-hydrogen) atoms. The van der Waals surface area contributed by atoms with Crippen LogP contribution in [0.5, 0.6) is 0 Å². The summed E-state index contributed by atoms with van der Waals surface area (Å²) < 4.78 is 5.49. The van der Waals surface area contributed by atoms with E-state index in [-0.39, 0.29) is 13.2 Å². The highest BCUT2D eigenvalue weighted by molar-refractivity contribution is 9.10. The van der Waals surface area contributed by atoms with Gasteiger partial charge in [0.2, 0.25) is 0 Å². The number of nitrogens with one attached hydrogen (secondary N) is 1. The van der Waals surface area contributed by atoms with Gasteiger partial charge in [0.25, 0.3) is 0 Å². The van der Waals surface area contributed by atoms with Crippen LogP contribution in [0.1, 0.15) is 0 Å². The number of carboxylic acid groups (broad SMARTS) is 1. The quantitative estimate of drug-likeness (QED) is 0.812. The number of hydrogen-bond donors (Lipinski definition) is 2. The number of carboxylic acids is 1. The molecule has 0 aliphatic rings. The minimum Gasteiger partial charge on any atom is -0.480 e. The molecule has 110 valence electrons. The molecule has 0 saturated carbocycles. The molecule has 0 aliphatic heterocycles. The number of benzene rings is 1. The van der Waals surface area contributed by atoms with Gasteiger partial charge >= 0.3 is 12.0 Å². The predicted molar refractivity (Wildman–Crippen MR) is 79.3 cm³/mol. The number of methoxy groups -OCH3 is 1. The van der Waals surface area contributed by atoms with E-state index < -0.39 is 18.5 Å². The monoisotopic (exact) mass is 364 g/mol. The number of hydrogen-bond acceptors (Lipinski definition) is 3. The second kappa shape index (κ2) is 8.08. The first-order chi connectivity index (χ1) is 9.43. The average molecular weight is 366 g/mol. The maximum atomic E-state index is 12.0. The first-order valence-electron chi connectivity index (χ1n) is 5.65. The van der Waals surface area contributed by atoms with Crippen LogP contribution in [-0.4, -0.2) is 48.8 Å². The first-order valence-corrected chi connectivity index (χ1v) is 6.83. The third kappa shape index (κ3) is 5.36. The highest BCUT2D eigenvalue weighted by atomic mass is 79.9. The lowest BCUT2D eigenvalue weighted by atomic mass is 10.3. The van der Waals surface area contributed by atoms with Crippen LogP contribution >= 0.6 is 27.5 Å². The van der Waals surface area contributed by atoms with Crippen LogP contribution in [0.2, 0.25) is 5.02 Å². The normalized spacial score (nSPS) is 10.2. The van der Waals surface area contributed by atoms with Gasteiger partial charge in [0.05, 0.1) is 11.6 Å². The summed E-state index contributed by atoms with van der Waals surface area (Å²) in [5, 5.41) is 11.9. The highest BCUT2D eigenvalue weighted by Gasteiger charge is 2.16. The van der Waals surface area contributed by atoms with Crippen molar-refractivity contribution in [3.05, 3.63) is 27.7 Å². The summed E-state index contributed by atoms with van der Waals surface area (Å²) in [4.78, 5) is 23.9. The van der Waals surface area contributed by atoms with Gasteiger partial charge < -0.3 is 20.1 Å². The molecule has 8 heteroatoms. The molecule has 1 rings (SSSR count). The van der Waals surface area contributed by atoms with E-state index in [1.54, 1.807) is 18.2 Å². The van der Waals surface area contributed by atoms with Gasteiger partial charge in [-0.05, 0) is 34.1 Å². The van der Waals surface area contributed by atoms with Gasteiger partial charge in [-0.3, -0.25) is 4.79 Å². The number of carbonyl (C=O) groups is 2. The van der Waals surface area contributed by atoms with Crippen LogP contribution < -0.4 is 5.32 Å². The second-order valence-electron chi connectivity index (χ2n) is 3.87. The molecule has 1 aromatic carbocycles. The van der Waals surface area contributed by atoms with Crippen LogP contribution in [0, 0.1) is 0 Å². The number of ether oxygens (including phenoxy) is 1. The summed E-state index contributed by atoms with van der Waals surface area (Å²) in [5.74, 6) is -1.09. The second-order valence-corrected chi connectivity index (χ2v) is 5.13. The summed E-state index contributed by atoms with van der Waals surface area (Å²) in [5.41, 5.74) is 0.513. The molecule has 2 amide bonds. The highest BCUT2D eigenvalue weighted by Crippen LogP contribution is 2.25. The molecule has 6 nitrogen and oxygen atoms in total. The smallest absolute Gasteiger partial charge is 0.323 e. The van der Waals surface area contributed by atoms with E-state index in [1.165, 1.54) is 7.11 Å². The number of rotatable bonds is 6. The Morgan fingerprint density at radius 3 is 2.75 bits per heavy atom. The zero-order chi connectivity index (χ0) is 15.1. The van der Waals surface area contributed by atoms with Crippen molar-refractivity contribution < 1.29 is 19.4 Å². The van der Waals surface area contributed by atoms with Crippen LogP contribution in [0.25, 0.3) is 0 Å². The largest absolute Gasteiger partial charge is 0.480 e. The molecule has 0 heterocycles. The molecule has 0 saturated heterocycles. The number of nitrogens with zero attached hydrogens (tertiary/aromatic N) is 1. The van der Waals surface area contributed by atoms with Crippen LogP contribution in [0.4, 0.5) is 10.5 Å². The maximum absolute atomic E-state index is 12.0. The summed E-state index contributed by atoms with van der Waals surface area (Å²) in [6, 6.07) is 4.37. The molecular weight excluding hydrogens is 351 g/mol. The summed E-state index contributed by atoms with van der Waals surface area (Å²) >= 11 is 9.10. The Labute approximate surface area is 129 Å². The molecule has 0 fully saturated rings. The lowest BCUT2D eigenvalue weighted by Crippen LogP contribution is -2.40. The van der Waals surface area contributed by atoms with Gasteiger partial charge in [-0.1, -0.05) is 11.6 Å². The molecule has 0 aliphatic carbocycles. The van der Waals surface area contributed by atoms with Crippen molar-refractivity contribution in [2.24, 2.45) is 0 Å². The Balaban J connectivity index is 2.73. The van der Waals surface area contributed by atoms with E-state index in [0.29, 0.717) is 15.2 Å². The predicted octanol–water partition coefficient (Wildman–Crippen LogP) is 2.67. The number of aliphatic carboxylic acids is 1. The summed E-state index contributed by atoms with van der Waals surface area (Å²) in [6.07, 6.45) is 0. The van der Waals surface area contributed by atoms with Crippen molar-refractivity contribution in [3.63, 3.8) is 0 Å².